The van der Waals surface area contributed by atoms with E-state index in [9.17, 15) is 0 Å². The molecular formula is H3Cl3GaN. The predicted octanol–water partition coefficient (Wildman–Crippen LogP) is -9.21. The van der Waals surface area contributed by atoms with Crippen molar-refractivity contribution in [3.8, 4) is 0 Å². The molecule has 0 radical (unpaired) electrons. The van der Waals surface area contributed by atoms with Crippen LogP contribution in [0.15, 0.2) is 0 Å². The van der Waals surface area contributed by atoms with Crippen LogP contribution in [0, 0.1) is 0 Å². The van der Waals surface area contributed by atoms with Crippen molar-refractivity contribution in [3.05, 3.63) is 0 Å². The van der Waals surface area contributed by atoms with Gasteiger partial charge in [-0.1, -0.05) is 0 Å². The molecule has 0 aromatic rings. The predicted molar refractivity (Wildman–Crippen MR) is 10.8 cm³/mol. The van der Waals surface area contributed by atoms with Crippen LogP contribution in [0.1, 0.15) is 0 Å². The molecule has 0 aliphatic carbocycles. The van der Waals surface area contributed by atoms with Crippen LogP contribution in [0.2, 0.25) is 0 Å². The first-order valence-corrected chi connectivity index (χ1v) is 0. The number of halogens is 3. The minimum absolute atomic E-state index is 0. The SMILES string of the molecule is N.[Cl-].[Cl-].[Cl-].[Ga+3]. The Labute approximate surface area is 63.1 Å². The molecule has 0 amide bonds. The van der Waals surface area contributed by atoms with E-state index in [-0.39, 0.29) is 63.2 Å². The van der Waals surface area contributed by atoms with Crippen molar-refractivity contribution in [2.24, 2.45) is 0 Å². The standard InChI is InChI=1S/3ClH.Ga.H3N/h3*1H;;1H3/q;;;+3;/p-3. The van der Waals surface area contributed by atoms with E-state index in [1.54, 1.807) is 0 Å². The molecule has 0 saturated heterocycles. The zero-order chi connectivity index (χ0) is 0. The van der Waals surface area contributed by atoms with Crippen molar-refractivity contribution < 1.29 is 37.2 Å². The molecule has 5 heteroatoms. The average Bonchev–Trinajstić information content (AvgIpc) is 0. The van der Waals surface area contributed by atoms with Crippen LogP contribution in [0.5, 0.6) is 0 Å². The summed E-state index contributed by atoms with van der Waals surface area (Å²) < 4.78 is 0. The summed E-state index contributed by atoms with van der Waals surface area (Å²) in [4.78, 5) is 0. The molecule has 3 N–H and O–H groups in total. The molecule has 0 saturated carbocycles. The minimum atomic E-state index is 0. The summed E-state index contributed by atoms with van der Waals surface area (Å²) in [7, 11) is 0. The molecule has 0 aliphatic heterocycles. The summed E-state index contributed by atoms with van der Waals surface area (Å²) in [6.45, 7) is 0. The second-order valence-corrected chi connectivity index (χ2v) is 0. The smallest absolute Gasteiger partial charge is 1.00 e. The van der Waals surface area contributed by atoms with Gasteiger partial charge in [-0.15, -0.1) is 0 Å². The van der Waals surface area contributed by atoms with Gasteiger partial charge in [-0.2, -0.15) is 0 Å². The van der Waals surface area contributed by atoms with Crippen LogP contribution in [0.3, 0.4) is 0 Å². The molecule has 0 spiro atoms. The Kier molecular flexibility index (Phi) is 911. The molecule has 0 heterocycles. The molecule has 0 aromatic heterocycles. The summed E-state index contributed by atoms with van der Waals surface area (Å²) in [5, 5.41) is 0. The molecule has 0 fully saturated rings. The second-order valence-electron chi connectivity index (χ2n) is 0. The van der Waals surface area contributed by atoms with Gasteiger partial charge < -0.3 is 43.4 Å². The first-order valence-electron chi connectivity index (χ1n) is 0. The maximum Gasteiger partial charge on any atom is 3.00 e. The van der Waals surface area contributed by atoms with E-state index in [2.05, 4.69) is 0 Å². The summed E-state index contributed by atoms with van der Waals surface area (Å²) >= 11 is 0. The van der Waals surface area contributed by atoms with Gasteiger partial charge in [-0.3, -0.25) is 0 Å². The van der Waals surface area contributed by atoms with Gasteiger partial charge in [-0.25, -0.2) is 0 Å². The normalized spacial score (nSPS) is 0. The Morgan fingerprint density at radius 3 is 0.600 bits per heavy atom. The molecule has 0 atom stereocenters. The van der Waals surface area contributed by atoms with Crippen LogP contribution < -0.4 is 43.4 Å². The van der Waals surface area contributed by atoms with Gasteiger partial charge >= 0.3 is 19.8 Å². The summed E-state index contributed by atoms with van der Waals surface area (Å²) in [5.74, 6) is 0. The van der Waals surface area contributed by atoms with Crippen molar-refractivity contribution in [2.45, 2.75) is 0 Å². The summed E-state index contributed by atoms with van der Waals surface area (Å²) in [6, 6.07) is 0. The monoisotopic (exact) mass is 191 g/mol. The van der Waals surface area contributed by atoms with E-state index in [1.165, 1.54) is 0 Å². The molecule has 0 rings (SSSR count). The van der Waals surface area contributed by atoms with Crippen LogP contribution in [0.4, 0.5) is 0 Å². The van der Waals surface area contributed by atoms with E-state index in [0.717, 1.165) is 0 Å². The number of hydrogen-bond donors (Lipinski definition) is 1. The molecule has 0 aromatic carbocycles. The largest absolute Gasteiger partial charge is 3.00 e. The Balaban J connectivity index is 0. The fraction of sp³-hybridized carbons (Fsp3) is 0. The molecule has 0 bridgehead atoms. The maximum atomic E-state index is 0. The van der Waals surface area contributed by atoms with Gasteiger partial charge in [0.2, 0.25) is 0 Å². The van der Waals surface area contributed by atoms with Crippen molar-refractivity contribution in [1.29, 1.82) is 0 Å². The third-order valence-electron chi connectivity index (χ3n) is 0. The topological polar surface area (TPSA) is 35.0 Å². The van der Waals surface area contributed by atoms with Gasteiger partial charge in [-0.05, 0) is 0 Å². The number of hydrogen-bond acceptors (Lipinski definition) is 1. The summed E-state index contributed by atoms with van der Waals surface area (Å²) in [5.41, 5.74) is 0. The van der Waals surface area contributed by atoms with Crippen LogP contribution >= 0.6 is 0 Å². The van der Waals surface area contributed by atoms with E-state index < -0.39 is 0 Å². The molecule has 0 aliphatic rings. The van der Waals surface area contributed by atoms with Crippen LogP contribution in [0.25, 0.3) is 0 Å². The molecule has 32 valence electrons. The third-order valence-corrected chi connectivity index (χ3v) is 0. The molecule has 1 nitrogen and oxygen atoms in total. The zero-order valence-corrected chi connectivity index (χ0v) is 7.11. The fourth-order valence-electron chi connectivity index (χ4n) is 0. The van der Waals surface area contributed by atoms with Gasteiger partial charge in [0.1, 0.15) is 0 Å². The van der Waals surface area contributed by atoms with Crippen molar-refractivity contribution >= 4 is 19.8 Å². The molecular weight excluding hydrogens is 190 g/mol. The average molecular weight is 193 g/mol. The minimum Gasteiger partial charge on any atom is -1.00 e. The van der Waals surface area contributed by atoms with Gasteiger partial charge in [0, 0.05) is 0 Å². The van der Waals surface area contributed by atoms with E-state index in [4.69, 9.17) is 0 Å². The zero-order valence-electron chi connectivity index (χ0n) is 2.42. The third kappa shape index (κ3) is 30.5. The Morgan fingerprint density at radius 2 is 0.600 bits per heavy atom. The number of rotatable bonds is 0. The Bertz CT molecular complexity index is 6.85. The quantitative estimate of drug-likeness (QED) is 0.381. The van der Waals surface area contributed by atoms with Crippen molar-refractivity contribution in [2.75, 3.05) is 0 Å². The van der Waals surface area contributed by atoms with Gasteiger partial charge in [0.25, 0.3) is 0 Å². The maximum absolute atomic E-state index is 0. The summed E-state index contributed by atoms with van der Waals surface area (Å²) in [6.07, 6.45) is 0. The fourth-order valence-corrected chi connectivity index (χ4v) is 0. The van der Waals surface area contributed by atoms with Crippen molar-refractivity contribution in [1.82, 2.24) is 6.15 Å². The van der Waals surface area contributed by atoms with Gasteiger partial charge in [0.05, 0.1) is 0 Å². The second kappa shape index (κ2) is 50.7. The Hall–Kier alpha value is 1.47. The molecule has 5 heavy (non-hydrogen) atoms. The first-order chi connectivity index (χ1) is 0. The molecule has 0 unspecified atom stereocenters. The van der Waals surface area contributed by atoms with Gasteiger partial charge in [0.15, 0.2) is 0 Å². The van der Waals surface area contributed by atoms with E-state index in [1.807, 2.05) is 0 Å². The van der Waals surface area contributed by atoms with Crippen molar-refractivity contribution in [3.63, 3.8) is 0 Å². The Morgan fingerprint density at radius 1 is 0.600 bits per heavy atom. The van der Waals surface area contributed by atoms with Crippen LogP contribution in [-0.2, 0) is 0 Å². The van der Waals surface area contributed by atoms with E-state index >= 15 is 0 Å². The van der Waals surface area contributed by atoms with Crippen LogP contribution in [-0.4, -0.2) is 19.8 Å². The van der Waals surface area contributed by atoms with E-state index in [0.29, 0.717) is 0 Å². The first kappa shape index (κ1) is 89.9.